The molecule has 0 aliphatic rings. The molecule has 5 nitrogen and oxygen atoms in total. The second-order valence-corrected chi connectivity index (χ2v) is 4.42. The fourth-order valence-electron chi connectivity index (χ4n) is 2.02. The van der Waals surface area contributed by atoms with Crippen molar-refractivity contribution in [3.8, 4) is 5.75 Å². The number of nitrogens with two attached hydrogens (primary N) is 1. The first-order valence-corrected chi connectivity index (χ1v) is 6.07. The van der Waals surface area contributed by atoms with Crippen LogP contribution in [-0.4, -0.2) is 19.7 Å². The Morgan fingerprint density at radius 3 is 2.84 bits per heavy atom. The van der Waals surface area contributed by atoms with Crippen molar-refractivity contribution in [2.45, 2.75) is 13.0 Å². The van der Waals surface area contributed by atoms with Crippen LogP contribution in [0.25, 0.3) is 5.65 Å². The average Bonchev–Trinajstić information content (AvgIpc) is 2.79. The van der Waals surface area contributed by atoms with Crippen LogP contribution in [0.4, 0.5) is 0 Å². The summed E-state index contributed by atoms with van der Waals surface area (Å²) in [5.74, 6) is 0.978. The predicted molar refractivity (Wildman–Crippen MR) is 71.8 cm³/mol. The number of rotatable bonds is 3. The average molecular weight is 254 g/mol. The van der Waals surface area contributed by atoms with E-state index >= 15 is 0 Å². The lowest BCUT2D eigenvalue weighted by Gasteiger charge is -1.97. The number of hydrogen-bond donors (Lipinski definition) is 2. The van der Waals surface area contributed by atoms with Crippen molar-refractivity contribution < 1.29 is 5.11 Å². The van der Waals surface area contributed by atoms with Crippen molar-refractivity contribution in [3.05, 3.63) is 59.5 Å². The molecule has 0 atom stereocenters. The molecule has 3 aromatic rings. The zero-order valence-corrected chi connectivity index (χ0v) is 10.3. The van der Waals surface area contributed by atoms with E-state index in [1.54, 1.807) is 16.6 Å². The Hall–Kier alpha value is -2.40. The summed E-state index contributed by atoms with van der Waals surface area (Å²) in [6, 6.07) is 11.0. The minimum absolute atomic E-state index is 0.256. The maximum atomic E-state index is 9.44. The van der Waals surface area contributed by atoms with Gasteiger partial charge in [-0.05, 0) is 29.3 Å². The molecule has 0 saturated heterocycles. The fourth-order valence-corrected chi connectivity index (χ4v) is 2.02. The van der Waals surface area contributed by atoms with E-state index in [2.05, 4.69) is 10.1 Å². The van der Waals surface area contributed by atoms with E-state index in [0.717, 1.165) is 22.6 Å². The number of fused-ring (bicyclic) bond motifs is 1. The van der Waals surface area contributed by atoms with E-state index in [1.807, 2.05) is 30.5 Å². The van der Waals surface area contributed by atoms with Crippen molar-refractivity contribution in [1.82, 2.24) is 14.6 Å². The molecular weight excluding hydrogens is 240 g/mol. The van der Waals surface area contributed by atoms with Gasteiger partial charge in [-0.3, -0.25) is 0 Å². The zero-order chi connectivity index (χ0) is 13.2. The number of hydrogen-bond acceptors (Lipinski definition) is 4. The molecule has 3 N–H and O–H groups in total. The summed E-state index contributed by atoms with van der Waals surface area (Å²) in [6.45, 7) is 0.484. The third-order valence-electron chi connectivity index (χ3n) is 2.94. The Kier molecular flexibility index (Phi) is 2.89. The molecule has 0 radical (unpaired) electrons. The lowest BCUT2D eigenvalue weighted by molar-refractivity contribution is 0.474. The third kappa shape index (κ3) is 2.41. The maximum Gasteiger partial charge on any atom is 0.156 e. The quantitative estimate of drug-likeness (QED) is 0.742. The van der Waals surface area contributed by atoms with Gasteiger partial charge in [0.1, 0.15) is 5.75 Å². The van der Waals surface area contributed by atoms with Gasteiger partial charge in [0, 0.05) is 19.2 Å². The van der Waals surface area contributed by atoms with E-state index in [4.69, 9.17) is 5.73 Å². The fraction of sp³-hybridized carbons (Fsp3) is 0.143. The van der Waals surface area contributed by atoms with Gasteiger partial charge < -0.3 is 10.8 Å². The summed E-state index contributed by atoms with van der Waals surface area (Å²) in [4.78, 5) is 4.44. The first-order chi connectivity index (χ1) is 9.24. The Labute approximate surface area is 110 Å². The molecule has 0 bridgehead atoms. The highest BCUT2D eigenvalue weighted by Gasteiger charge is 2.05. The molecule has 0 amide bonds. The van der Waals surface area contributed by atoms with Crippen LogP contribution >= 0.6 is 0 Å². The smallest absolute Gasteiger partial charge is 0.156 e. The van der Waals surface area contributed by atoms with Crippen molar-refractivity contribution in [2.75, 3.05) is 0 Å². The minimum atomic E-state index is 0.256. The van der Waals surface area contributed by atoms with E-state index in [9.17, 15) is 5.11 Å². The van der Waals surface area contributed by atoms with Crippen LogP contribution in [0.5, 0.6) is 5.75 Å². The number of aromatic nitrogens is 3. The Bertz CT molecular complexity index is 720. The van der Waals surface area contributed by atoms with Gasteiger partial charge in [0.25, 0.3) is 0 Å². The number of benzene rings is 1. The highest BCUT2D eigenvalue weighted by Crippen LogP contribution is 2.14. The van der Waals surface area contributed by atoms with Crippen LogP contribution in [0.1, 0.15) is 17.0 Å². The maximum absolute atomic E-state index is 9.44. The third-order valence-corrected chi connectivity index (χ3v) is 2.94. The van der Waals surface area contributed by atoms with Gasteiger partial charge in [-0.15, -0.1) is 0 Å². The number of phenols is 1. The van der Waals surface area contributed by atoms with E-state index < -0.39 is 0 Å². The van der Waals surface area contributed by atoms with Crippen LogP contribution in [-0.2, 0) is 13.0 Å². The predicted octanol–water partition coefficient (Wildman–Crippen LogP) is 1.48. The Morgan fingerprint density at radius 1 is 1.16 bits per heavy atom. The summed E-state index contributed by atoms with van der Waals surface area (Å²) in [5.41, 5.74) is 8.39. The van der Waals surface area contributed by atoms with Crippen molar-refractivity contribution in [1.29, 1.82) is 0 Å². The van der Waals surface area contributed by atoms with Crippen LogP contribution in [0, 0.1) is 0 Å². The molecule has 1 aromatic carbocycles. The number of aromatic hydroxyl groups is 1. The van der Waals surface area contributed by atoms with E-state index in [0.29, 0.717) is 13.0 Å². The zero-order valence-electron chi connectivity index (χ0n) is 10.3. The summed E-state index contributed by atoms with van der Waals surface area (Å²) in [6.07, 6.45) is 2.47. The topological polar surface area (TPSA) is 76.4 Å². The molecule has 0 aliphatic heterocycles. The molecule has 19 heavy (non-hydrogen) atoms. The van der Waals surface area contributed by atoms with Crippen LogP contribution < -0.4 is 5.73 Å². The molecular formula is C14H14N4O. The van der Waals surface area contributed by atoms with E-state index in [-0.39, 0.29) is 5.75 Å². The molecule has 0 saturated carbocycles. The summed E-state index contributed by atoms with van der Waals surface area (Å²) in [7, 11) is 0. The highest BCUT2D eigenvalue weighted by molar-refractivity contribution is 5.39. The van der Waals surface area contributed by atoms with Crippen molar-refractivity contribution in [3.63, 3.8) is 0 Å². The van der Waals surface area contributed by atoms with Gasteiger partial charge in [-0.25, -0.2) is 9.50 Å². The highest BCUT2D eigenvalue weighted by atomic mass is 16.3. The van der Waals surface area contributed by atoms with Gasteiger partial charge in [-0.2, -0.15) is 5.10 Å². The normalized spacial score (nSPS) is 11.0. The Morgan fingerprint density at radius 2 is 2.05 bits per heavy atom. The molecule has 0 aliphatic carbocycles. The lowest BCUT2D eigenvalue weighted by atomic mass is 10.1. The molecule has 3 rings (SSSR count). The Balaban J connectivity index is 1.93. The summed E-state index contributed by atoms with van der Waals surface area (Å²) >= 11 is 0. The first-order valence-electron chi connectivity index (χ1n) is 6.07. The van der Waals surface area contributed by atoms with Crippen LogP contribution in [0.3, 0.4) is 0 Å². The van der Waals surface area contributed by atoms with Gasteiger partial charge >= 0.3 is 0 Å². The standard InChI is InChI=1S/C14H14N4O/c15-8-11-4-5-14-16-13(17-18(14)9-11)7-10-2-1-3-12(19)6-10/h1-6,9,19H,7-8,15H2. The monoisotopic (exact) mass is 254 g/mol. The van der Waals surface area contributed by atoms with Gasteiger partial charge in [0.05, 0.1) is 0 Å². The van der Waals surface area contributed by atoms with Gasteiger partial charge in [-0.1, -0.05) is 18.2 Å². The summed E-state index contributed by atoms with van der Waals surface area (Å²) < 4.78 is 1.74. The minimum Gasteiger partial charge on any atom is -0.508 e. The van der Waals surface area contributed by atoms with Gasteiger partial charge in [0.15, 0.2) is 11.5 Å². The largest absolute Gasteiger partial charge is 0.508 e. The second kappa shape index (κ2) is 4.70. The van der Waals surface area contributed by atoms with Crippen LogP contribution in [0.2, 0.25) is 0 Å². The number of nitrogens with zero attached hydrogens (tertiary/aromatic N) is 3. The molecule has 96 valence electrons. The van der Waals surface area contributed by atoms with Gasteiger partial charge in [0.2, 0.25) is 0 Å². The molecule has 2 aromatic heterocycles. The number of pyridine rings is 1. The molecule has 5 heteroatoms. The lowest BCUT2D eigenvalue weighted by Crippen LogP contribution is -1.99. The molecule has 0 spiro atoms. The molecule has 0 fully saturated rings. The second-order valence-electron chi connectivity index (χ2n) is 4.42. The van der Waals surface area contributed by atoms with Crippen LogP contribution in [0.15, 0.2) is 42.6 Å². The SMILES string of the molecule is NCc1ccc2nc(Cc3cccc(O)c3)nn2c1. The molecule has 0 unspecified atom stereocenters. The van der Waals surface area contributed by atoms with Crippen molar-refractivity contribution >= 4 is 5.65 Å². The number of phenolic OH excluding ortho intramolecular Hbond substituents is 1. The first kappa shape index (κ1) is 11.7. The molecule has 2 heterocycles. The summed E-state index contributed by atoms with van der Waals surface area (Å²) in [5, 5.41) is 13.9. The van der Waals surface area contributed by atoms with Crippen molar-refractivity contribution in [2.24, 2.45) is 5.73 Å². The van der Waals surface area contributed by atoms with E-state index in [1.165, 1.54) is 0 Å².